The Morgan fingerprint density at radius 2 is 2.17 bits per heavy atom. The van der Waals surface area contributed by atoms with Gasteiger partial charge in [0.1, 0.15) is 5.69 Å². The maximum absolute atomic E-state index is 12.8. The third kappa shape index (κ3) is 3.20. The number of hydrogen-bond acceptors (Lipinski definition) is 6. The third-order valence-corrected chi connectivity index (χ3v) is 6.82. The molecule has 0 bridgehead atoms. The average molecular weight is 412 g/mol. The maximum Gasteiger partial charge on any atom is 0.271 e. The van der Waals surface area contributed by atoms with Gasteiger partial charge in [-0.3, -0.25) is 14.7 Å². The highest BCUT2D eigenvalue weighted by atomic mass is 16.5. The zero-order valence-corrected chi connectivity index (χ0v) is 17.6. The number of aromatic nitrogens is 4. The minimum Gasteiger partial charge on any atom is -0.348 e. The van der Waals surface area contributed by atoms with Crippen LogP contribution in [0, 0.1) is 18.8 Å². The fourth-order valence-electron chi connectivity index (χ4n) is 5.16. The van der Waals surface area contributed by atoms with Crippen LogP contribution in [-0.4, -0.2) is 56.2 Å². The zero-order valence-electron chi connectivity index (χ0n) is 17.6. The van der Waals surface area contributed by atoms with Gasteiger partial charge in [-0.05, 0) is 44.6 Å². The van der Waals surface area contributed by atoms with Crippen LogP contribution in [0.4, 0.5) is 0 Å². The molecule has 0 radical (unpaired) electrons. The molecule has 1 aliphatic heterocycles. The molecule has 3 heterocycles. The molecule has 3 aliphatic rings. The SMILES string of the molecule is Cc1noc([C@]23C[C@H](NC(=O)c4cc(C5CC5)[nH]n4)CC2CN(C(=O)C(C)C)C3)n1. The van der Waals surface area contributed by atoms with Gasteiger partial charge in [0.15, 0.2) is 5.82 Å². The van der Waals surface area contributed by atoms with Gasteiger partial charge in [-0.2, -0.15) is 10.1 Å². The average Bonchev–Trinajstić information content (AvgIpc) is 3.05. The highest BCUT2D eigenvalue weighted by Crippen LogP contribution is 2.50. The van der Waals surface area contributed by atoms with Crippen LogP contribution < -0.4 is 5.32 Å². The minimum atomic E-state index is -0.408. The van der Waals surface area contributed by atoms with E-state index in [-0.39, 0.29) is 29.7 Å². The number of nitrogens with one attached hydrogen (secondary N) is 2. The molecule has 160 valence electrons. The Morgan fingerprint density at radius 1 is 1.37 bits per heavy atom. The number of hydrogen-bond donors (Lipinski definition) is 2. The van der Waals surface area contributed by atoms with Crippen molar-refractivity contribution in [3.8, 4) is 0 Å². The van der Waals surface area contributed by atoms with Gasteiger partial charge in [0.2, 0.25) is 11.8 Å². The van der Waals surface area contributed by atoms with E-state index >= 15 is 0 Å². The van der Waals surface area contributed by atoms with E-state index in [1.807, 2.05) is 24.8 Å². The minimum absolute atomic E-state index is 0.0212. The van der Waals surface area contributed by atoms with Crippen molar-refractivity contribution < 1.29 is 14.1 Å². The van der Waals surface area contributed by atoms with Gasteiger partial charge in [0.05, 0.1) is 5.41 Å². The standard InChI is InChI=1S/C21H28N6O3/c1-11(2)19(29)27-9-14-6-15(8-21(14,10-27)20-22-12(3)26-30-20)23-18(28)17-7-16(24-25-17)13-4-5-13/h7,11,13-15H,4-6,8-10H2,1-3H3,(H,23,28)(H,24,25)/t14?,15-,21+/m1/s1. The summed E-state index contributed by atoms with van der Waals surface area (Å²) < 4.78 is 5.59. The Balaban J connectivity index is 1.34. The number of H-pyrrole nitrogens is 1. The molecule has 2 aromatic heterocycles. The monoisotopic (exact) mass is 412 g/mol. The fraction of sp³-hybridized carbons (Fsp3) is 0.667. The maximum atomic E-state index is 12.8. The molecular formula is C21H28N6O3. The lowest BCUT2D eigenvalue weighted by molar-refractivity contribution is -0.133. The zero-order chi connectivity index (χ0) is 21.0. The highest BCUT2D eigenvalue weighted by molar-refractivity contribution is 5.92. The second-order valence-electron chi connectivity index (χ2n) is 9.47. The van der Waals surface area contributed by atoms with E-state index in [0.29, 0.717) is 42.8 Å². The van der Waals surface area contributed by atoms with Crippen LogP contribution in [-0.2, 0) is 10.2 Å². The number of amides is 2. The van der Waals surface area contributed by atoms with Crippen LogP contribution >= 0.6 is 0 Å². The number of carbonyl (C=O) groups is 2. The van der Waals surface area contributed by atoms with Crippen LogP contribution in [0.2, 0.25) is 0 Å². The van der Waals surface area contributed by atoms with E-state index in [9.17, 15) is 9.59 Å². The molecule has 0 spiro atoms. The Morgan fingerprint density at radius 3 is 2.83 bits per heavy atom. The third-order valence-electron chi connectivity index (χ3n) is 6.82. The molecule has 2 N–H and O–H groups in total. The summed E-state index contributed by atoms with van der Waals surface area (Å²) in [5.74, 6) is 1.80. The van der Waals surface area contributed by atoms with Crippen LogP contribution in [0.3, 0.4) is 0 Å². The first-order valence-electron chi connectivity index (χ1n) is 10.8. The Bertz CT molecular complexity index is 977. The molecule has 9 nitrogen and oxygen atoms in total. The highest BCUT2D eigenvalue weighted by Gasteiger charge is 2.58. The number of rotatable bonds is 5. The van der Waals surface area contributed by atoms with Crippen molar-refractivity contribution in [2.45, 2.75) is 63.8 Å². The smallest absolute Gasteiger partial charge is 0.271 e. The molecule has 0 aromatic carbocycles. The summed E-state index contributed by atoms with van der Waals surface area (Å²) in [6.45, 7) is 6.84. The summed E-state index contributed by atoms with van der Waals surface area (Å²) in [7, 11) is 0. The second-order valence-corrected chi connectivity index (χ2v) is 9.47. The molecule has 2 aromatic rings. The van der Waals surface area contributed by atoms with Gasteiger partial charge in [-0.25, -0.2) is 0 Å². The van der Waals surface area contributed by atoms with E-state index in [1.165, 1.54) is 0 Å². The first kappa shape index (κ1) is 19.3. The van der Waals surface area contributed by atoms with Crippen molar-refractivity contribution in [3.05, 3.63) is 29.2 Å². The largest absolute Gasteiger partial charge is 0.348 e. The van der Waals surface area contributed by atoms with E-state index in [0.717, 1.165) is 25.0 Å². The lowest BCUT2D eigenvalue weighted by Crippen LogP contribution is -2.40. The Kier molecular flexibility index (Phi) is 4.44. The van der Waals surface area contributed by atoms with Gasteiger partial charge < -0.3 is 14.7 Å². The van der Waals surface area contributed by atoms with Gasteiger partial charge in [-0.1, -0.05) is 19.0 Å². The topological polar surface area (TPSA) is 117 Å². The van der Waals surface area contributed by atoms with Crippen molar-refractivity contribution in [3.63, 3.8) is 0 Å². The fourth-order valence-corrected chi connectivity index (χ4v) is 5.16. The van der Waals surface area contributed by atoms with Crippen molar-refractivity contribution in [2.75, 3.05) is 13.1 Å². The summed E-state index contributed by atoms with van der Waals surface area (Å²) in [4.78, 5) is 31.9. The van der Waals surface area contributed by atoms with Crippen molar-refractivity contribution >= 4 is 11.8 Å². The molecule has 9 heteroatoms. The van der Waals surface area contributed by atoms with Crippen LogP contribution in [0.25, 0.3) is 0 Å². The first-order valence-corrected chi connectivity index (χ1v) is 10.8. The summed E-state index contributed by atoms with van der Waals surface area (Å²) in [6, 6.07) is 1.84. The number of aromatic amines is 1. The van der Waals surface area contributed by atoms with Crippen molar-refractivity contribution in [2.24, 2.45) is 11.8 Å². The lowest BCUT2D eigenvalue weighted by atomic mass is 9.80. The number of likely N-dealkylation sites (tertiary alicyclic amines) is 1. The molecule has 1 unspecified atom stereocenters. The lowest BCUT2D eigenvalue weighted by Gasteiger charge is -2.26. The quantitative estimate of drug-likeness (QED) is 0.775. The van der Waals surface area contributed by atoms with Crippen molar-refractivity contribution in [1.82, 2.24) is 30.6 Å². The van der Waals surface area contributed by atoms with Crippen LogP contribution in [0.1, 0.15) is 73.3 Å². The molecule has 5 rings (SSSR count). The number of nitrogens with zero attached hydrogens (tertiary/aromatic N) is 4. The number of aryl methyl sites for hydroxylation is 1. The van der Waals surface area contributed by atoms with Gasteiger partial charge in [-0.15, -0.1) is 0 Å². The first-order chi connectivity index (χ1) is 14.4. The van der Waals surface area contributed by atoms with Crippen LogP contribution in [0.15, 0.2) is 10.6 Å². The van der Waals surface area contributed by atoms with E-state index in [4.69, 9.17) is 4.52 Å². The Hall–Kier alpha value is -2.71. The van der Waals surface area contributed by atoms with Gasteiger partial charge in [0.25, 0.3) is 5.91 Å². The Labute approximate surface area is 175 Å². The summed E-state index contributed by atoms with van der Waals surface area (Å²) >= 11 is 0. The number of fused-ring (bicyclic) bond motifs is 1. The van der Waals surface area contributed by atoms with Gasteiger partial charge >= 0.3 is 0 Å². The molecular weight excluding hydrogens is 384 g/mol. The molecule has 30 heavy (non-hydrogen) atoms. The molecule has 3 atom stereocenters. The predicted octanol–water partition coefficient (Wildman–Crippen LogP) is 1.92. The summed E-state index contributed by atoms with van der Waals surface area (Å²) in [6.07, 6.45) is 3.76. The van der Waals surface area contributed by atoms with E-state index < -0.39 is 5.41 Å². The van der Waals surface area contributed by atoms with Crippen LogP contribution in [0.5, 0.6) is 0 Å². The second kappa shape index (κ2) is 6.92. The molecule has 2 aliphatic carbocycles. The van der Waals surface area contributed by atoms with Crippen molar-refractivity contribution in [1.29, 1.82) is 0 Å². The van der Waals surface area contributed by atoms with E-state index in [1.54, 1.807) is 6.92 Å². The molecule has 1 saturated heterocycles. The summed E-state index contributed by atoms with van der Waals surface area (Å²) in [5.41, 5.74) is 1.08. The predicted molar refractivity (Wildman–Crippen MR) is 107 cm³/mol. The normalized spacial score (nSPS) is 28.2. The van der Waals surface area contributed by atoms with Gasteiger partial charge in [0, 0.05) is 36.7 Å². The number of carbonyl (C=O) groups excluding carboxylic acids is 2. The molecule has 3 fully saturated rings. The van der Waals surface area contributed by atoms with E-state index in [2.05, 4.69) is 25.7 Å². The summed E-state index contributed by atoms with van der Waals surface area (Å²) in [5, 5.41) is 14.3. The molecule has 2 saturated carbocycles. The molecule has 2 amide bonds.